The Morgan fingerprint density at radius 1 is 0.254 bits per heavy atom. The molecule has 3 aromatic heterocycles. The predicted molar refractivity (Wildman–Crippen MR) is 258 cm³/mol. The second-order valence-electron chi connectivity index (χ2n) is 15.6. The second-order valence-corrected chi connectivity index (χ2v) is 17.7. The van der Waals surface area contributed by atoms with Crippen molar-refractivity contribution in [1.82, 2.24) is 4.98 Å². The van der Waals surface area contributed by atoms with Gasteiger partial charge in [0.25, 0.3) is 0 Å². The van der Waals surface area contributed by atoms with Gasteiger partial charge in [-0.15, -0.1) is 22.7 Å². The van der Waals surface area contributed by atoms with Gasteiger partial charge in [0.2, 0.25) is 0 Å². The van der Waals surface area contributed by atoms with E-state index in [9.17, 15) is 0 Å². The van der Waals surface area contributed by atoms with Gasteiger partial charge in [-0.05, 0) is 79.2 Å². The molecule has 0 bridgehead atoms. The van der Waals surface area contributed by atoms with Gasteiger partial charge in [-0.1, -0.05) is 170 Å². The van der Waals surface area contributed by atoms with Crippen LogP contribution in [0.1, 0.15) is 0 Å². The standard InChI is InChI=1S/C56H33NS2/c1-3-15-37-33(11-1)13-5-19-41(37)43-21-9-25-47-45-23-7-17-39(53(45)58-55(43)47)35-27-29-51-49(31-35)50-32-36(28-30-52(50)57-51)40-18-8-24-46-48-26-10-22-44(56(48)59-54(40)46)42-20-6-14-34-12-2-4-16-38(34)42/h1-32,57H. The van der Waals surface area contributed by atoms with Crippen LogP contribution in [0.2, 0.25) is 0 Å². The van der Waals surface area contributed by atoms with Crippen molar-refractivity contribution in [2.75, 3.05) is 0 Å². The third-order valence-electron chi connectivity index (χ3n) is 12.4. The molecule has 13 aromatic rings. The quantitative estimate of drug-likeness (QED) is 0.183. The minimum Gasteiger partial charge on any atom is -0.355 e. The molecule has 1 nitrogen and oxygen atoms in total. The van der Waals surface area contributed by atoms with Gasteiger partial charge in [0, 0.05) is 73.3 Å². The van der Waals surface area contributed by atoms with Gasteiger partial charge in [0.05, 0.1) is 0 Å². The first-order valence-corrected chi connectivity index (χ1v) is 21.8. The fourth-order valence-corrected chi connectivity index (χ4v) is 12.4. The van der Waals surface area contributed by atoms with Crippen molar-refractivity contribution >= 4 is 106 Å². The van der Waals surface area contributed by atoms with Crippen LogP contribution in [0.25, 0.3) is 128 Å². The number of aromatic amines is 1. The largest absolute Gasteiger partial charge is 0.355 e. The summed E-state index contributed by atoms with van der Waals surface area (Å²) in [5, 5.41) is 12.9. The van der Waals surface area contributed by atoms with Crippen molar-refractivity contribution in [2.24, 2.45) is 0 Å². The highest BCUT2D eigenvalue weighted by atomic mass is 32.1. The maximum Gasteiger partial charge on any atom is 0.0465 e. The van der Waals surface area contributed by atoms with Crippen LogP contribution in [0.4, 0.5) is 0 Å². The average Bonchev–Trinajstić information content (AvgIpc) is 4.00. The van der Waals surface area contributed by atoms with Crippen molar-refractivity contribution in [1.29, 1.82) is 0 Å². The highest BCUT2D eigenvalue weighted by Crippen LogP contribution is 2.47. The molecule has 1 N–H and O–H groups in total. The smallest absolute Gasteiger partial charge is 0.0465 e. The molecule has 0 atom stereocenters. The molecule has 0 aliphatic rings. The summed E-state index contributed by atoms with van der Waals surface area (Å²) in [6, 6.07) is 71.9. The number of rotatable bonds is 4. The highest BCUT2D eigenvalue weighted by molar-refractivity contribution is 7.27. The number of thiophene rings is 2. The van der Waals surface area contributed by atoms with Crippen LogP contribution < -0.4 is 0 Å². The summed E-state index contributed by atoms with van der Waals surface area (Å²) in [5.41, 5.74) is 12.5. The number of aromatic nitrogens is 1. The van der Waals surface area contributed by atoms with Gasteiger partial charge in [-0.3, -0.25) is 0 Å². The van der Waals surface area contributed by atoms with Crippen LogP contribution in [-0.2, 0) is 0 Å². The van der Waals surface area contributed by atoms with Crippen LogP contribution in [0, 0.1) is 0 Å². The summed E-state index contributed by atoms with van der Waals surface area (Å²) in [7, 11) is 0. The third-order valence-corrected chi connectivity index (χ3v) is 15.0. The van der Waals surface area contributed by atoms with Gasteiger partial charge in [0.1, 0.15) is 0 Å². The lowest BCUT2D eigenvalue weighted by Crippen LogP contribution is -1.81. The van der Waals surface area contributed by atoms with Crippen LogP contribution in [0.5, 0.6) is 0 Å². The Kier molecular flexibility index (Phi) is 7.12. The van der Waals surface area contributed by atoms with E-state index in [-0.39, 0.29) is 0 Å². The van der Waals surface area contributed by atoms with E-state index in [2.05, 4.69) is 199 Å². The van der Waals surface area contributed by atoms with Crippen LogP contribution in [0.3, 0.4) is 0 Å². The Morgan fingerprint density at radius 3 is 1.05 bits per heavy atom. The maximum atomic E-state index is 3.74. The van der Waals surface area contributed by atoms with Gasteiger partial charge in [0.15, 0.2) is 0 Å². The molecule has 0 aliphatic heterocycles. The molecule has 13 rings (SSSR count). The zero-order valence-electron chi connectivity index (χ0n) is 31.8. The SMILES string of the molecule is c1ccc2c(-c3cccc4c3sc3c(-c5ccc6[nH]c7ccc(-c8cccc9c8sc8c(-c%10cccc%11ccccc%10%11)cccc89)cc7c6c5)cccc34)cccc2c1. The Labute approximate surface area is 348 Å². The van der Waals surface area contributed by atoms with Gasteiger partial charge in [-0.25, -0.2) is 0 Å². The fourth-order valence-electron chi connectivity index (χ4n) is 9.67. The first-order valence-electron chi connectivity index (χ1n) is 20.2. The zero-order chi connectivity index (χ0) is 38.6. The van der Waals surface area contributed by atoms with Crippen LogP contribution >= 0.6 is 22.7 Å². The second kappa shape index (κ2) is 12.7. The Morgan fingerprint density at radius 2 is 0.593 bits per heavy atom. The Hall–Kier alpha value is -7.04. The summed E-state index contributed by atoms with van der Waals surface area (Å²) in [5.74, 6) is 0. The maximum absolute atomic E-state index is 3.74. The molecule has 0 fully saturated rings. The van der Waals surface area contributed by atoms with Crippen molar-refractivity contribution in [3.63, 3.8) is 0 Å². The molecule has 0 saturated carbocycles. The molecular weight excluding hydrogens is 751 g/mol. The average molecular weight is 784 g/mol. The summed E-state index contributed by atoms with van der Waals surface area (Å²) < 4.78 is 5.33. The number of hydrogen-bond acceptors (Lipinski definition) is 2. The molecule has 0 aliphatic carbocycles. The molecule has 3 heteroatoms. The van der Waals surface area contributed by atoms with Gasteiger partial charge < -0.3 is 4.98 Å². The first kappa shape index (κ1) is 33.0. The molecule has 0 spiro atoms. The molecule has 3 heterocycles. The van der Waals surface area contributed by atoms with Crippen molar-refractivity contribution in [3.05, 3.63) is 194 Å². The topological polar surface area (TPSA) is 15.8 Å². The number of benzene rings is 10. The van der Waals surface area contributed by atoms with E-state index in [1.165, 1.54) is 117 Å². The van der Waals surface area contributed by atoms with Crippen LogP contribution in [-0.4, -0.2) is 4.98 Å². The zero-order valence-corrected chi connectivity index (χ0v) is 33.4. The Bertz CT molecular complexity index is 3600. The summed E-state index contributed by atoms with van der Waals surface area (Å²) in [6.07, 6.45) is 0. The molecular formula is C56H33NS2. The normalized spacial score (nSPS) is 12.1. The number of H-pyrrole nitrogens is 1. The Balaban J connectivity index is 0.958. The highest BCUT2D eigenvalue weighted by Gasteiger charge is 2.18. The molecule has 0 amide bonds. The third kappa shape index (κ3) is 4.96. The molecule has 0 unspecified atom stereocenters. The predicted octanol–water partition coefficient (Wildman–Crippen LogP) is 17.0. The molecule has 59 heavy (non-hydrogen) atoms. The summed E-state index contributed by atoms with van der Waals surface area (Å²) in [6.45, 7) is 0. The molecule has 10 aromatic carbocycles. The van der Waals surface area contributed by atoms with E-state index in [0.29, 0.717) is 0 Å². The monoisotopic (exact) mass is 783 g/mol. The summed E-state index contributed by atoms with van der Waals surface area (Å²) in [4.78, 5) is 3.74. The first-order chi connectivity index (χ1) is 29.2. The lowest BCUT2D eigenvalue weighted by Gasteiger charge is -2.08. The van der Waals surface area contributed by atoms with E-state index in [4.69, 9.17) is 0 Å². The van der Waals surface area contributed by atoms with E-state index in [0.717, 1.165) is 11.0 Å². The minimum absolute atomic E-state index is 1.16. The van der Waals surface area contributed by atoms with Crippen molar-refractivity contribution in [3.8, 4) is 44.5 Å². The lowest BCUT2D eigenvalue weighted by atomic mass is 9.96. The van der Waals surface area contributed by atoms with Crippen LogP contribution in [0.15, 0.2) is 194 Å². The van der Waals surface area contributed by atoms with E-state index >= 15 is 0 Å². The van der Waals surface area contributed by atoms with E-state index < -0.39 is 0 Å². The van der Waals surface area contributed by atoms with Crippen molar-refractivity contribution < 1.29 is 0 Å². The number of nitrogens with one attached hydrogen (secondary N) is 1. The van der Waals surface area contributed by atoms with Crippen molar-refractivity contribution in [2.45, 2.75) is 0 Å². The van der Waals surface area contributed by atoms with Gasteiger partial charge in [-0.2, -0.15) is 0 Å². The number of hydrogen-bond donors (Lipinski definition) is 1. The minimum atomic E-state index is 1.16. The van der Waals surface area contributed by atoms with E-state index in [1.54, 1.807) is 0 Å². The fraction of sp³-hybridized carbons (Fsp3) is 0. The lowest BCUT2D eigenvalue weighted by molar-refractivity contribution is 1.54. The van der Waals surface area contributed by atoms with E-state index in [1.807, 2.05) is 22.7 Å². The summed E-state index contributed by atoms with van der Waals surface area (Å²) >= 11 is 3.84. The number of fused-ring (bicyclic) bond motifs is 11. The van der Waals surface area contributed by atoms with Gasteiger partial charge >= 0.3 is 0 Å². The molecule has 0 saturated heterocycles. The molecule has 0 radical (unpaired) electrons. The molecule has 274 valence electrons.